The van der Waals surface area contributed by atoms with Gasteiger partial charge in [-0.15, -0.1) is 10.2 Å². The first kappa shape index (κ1) is 19.3. The quantitative estimate of drug-likeness (QED) is 0.602. The second-order valence-corrected chi connectivity index (χ2v) is 7.46. The van der Waals surface area contributed by atoms with E-state index in [1.807, 2.05) is 12.1 Å². The molecule has 1 aliphatic rings. The third kappa shape index (κ3) is 4.36. The maximum atomic E-state index is 12.5. The average molecular weight is 430 g/mol. The number of carbonyl (C=O) groups is 2. The predicted molar refractivity (Wildman–Crippen MR) is 111 cm³/mol. The maximum Gasteiger partial charge on any atom is 0.414 e. The first-order valence-corrected chi connectivity index (χ1v) is 10.1. The number of amides is 2. The fourth-order valence-corrected chi connectivity index (χ4v) is 3.78. The Balaban J connectivity index is 1.44. The van der Waals surface area contributed by atoms with Crippen LogP contribution in [0.25, 0.3) is 5.69 Å². The van der Waals surface area contributed by atoms with E-state index in [0.29, 0.717) is 34.7 Å². The number of nitrogens with zero attached hydrogens (tertiary/aromatic N) is 4. The summed E-state index contributed by atoms with van der Waals surface area (Å²) in [5.74, 6) is -0.103. The lowest BCUT2D eigenvalue weighted by atomic mass is 10.2. The molecule has 2 heterocycles. The van der Waals surface area contributed by atoms with E-state index in [9.17, 15) is 9.59 Å². The molecule has 0 aliphatic carbocycles. The standard InChI is InChI=1S/C19H16ClN5O3S/c20-13-4-3-5-14(10-13)25-12-21-23-18(25)29-11-17(26)22-15-6-1-2-7-16(15)24-8-9-28-19(24)27/h1-7,10,12H,8-9,11H2,(H,22,26). The molecule has 2 amide bonds. The molecule has 1 aliphatic heterocycles. The minimum atomic E-state index is -0.421. The molecule has 3 aromatic rings. The van der Waals surface area contributed by atoms with E-state index in [2.05, 4.69) is 15.5 Å². The van der Waals surface area contributed by atoms with Crippen LogP contribution in [-0.4, -0.2) is 45.7 Å². The third-order valence-corrected chi connectivity index (χ3v) is 5.34. The lowest BCUT2D eigenvalue weighted by molar-refractivity contribution is -0.113. The van der Waals surface area contributed by atoms with Crippen LogP contribution in [0, 0.1) is 0 Å². The Bertz CT molecular complexity index is 1060. The van der Waals surface area contributed by atoms with Crippen molar-refractivity contribution in [3.8, 4) is 5.69 Å². The SMILES string of the molecule is O=C(CSc1nncn1-c1cccc(Cl)c1)Nc1ccccc1N1CCOC1=O. The summed E-state index contributed by atoms with van der Waals surface area (Å²) < 4.78 is 6.74. The monoisotopic (exact) mass is 429 g/mol. The number of anilines is 2. The number of aromatic nitrogens is 3. The summed E-state index contributed by atoms with van der Waals surface area (Å²) in [7, 11) is 0. The van der Waals surface area contributed by atoms with Gasteiger partial charge in [-0.2, -0.15) is 0 Å². The van der Waals surface area contributed by atoms with Crippen LogP contribution in [0.15, 0.2) is 60.0 Å². The van der Waals surface area contributed by atoms with Crippen molar-refractivity contribution in [2.24, 2.45) is 0 Å². The van der Waals surface area contributed by atoms with Crippen LogP contribution in [-0.2, 0) is 9.53 Å². The summed E-state index contributed by atoms with van der Waals surface area (Å²) in [6.45, 7) is 0.777. The van der Waals surface area contributed by atoms with Gasteiger partial charge in [0.25, 0.3) is 0 Å². The van der Waals surface area contributed by atoms with Crippen LogP contribution >= 0.6 is 23.4 Å². The number of nitrogens with one attached hydrogen (secondary N) is 1. The molecule has 0 unspecified atom stereocenters. The highest BCUT2D eigenvalue weighted by Crippen LogP contribution is 2.28. The number of benzene rings is 2. The van der Waals surface area contributed by atoms with Crippen molar-refractivity contribution in [2.45, 2.75) is 5.16 Å². The van der Waals surface area contributed by atoms with Crippen LogP contribution in [0.3, 0.4) is 0 Å². The molecule has 4 rings (SSSR count). The highest BCUT2D eigenvalue weighted by Gasteiger charge is 2.26. The van der Waals surface area contributed by atoms with E-state index in [1.165, 1.54) is 16.7 Å². The Hall–Kier alpha value is -3.04. The second kappa shape index (κ2) is 8.54. The zero-order chi connectivity index (χ0) is 20.2. The van der Waals surface area contributed by atoms with Gasteiger partial charge < -0.3 is 10.1 Å². The van der Waals surface area contributed by atoms with Gasteiger partial charge in [-0.1, -0.05) is 41.6 Å². The smallest absolute Gasteiger partial charge is 0.414 e. The zero-order valence-electron chi connectivity index (χ0n) is 15.1. The van der Waals surface area contributed by atoms with Crippen molar-refractivity contribution in [2.75, 3.05) is 29.1 Å². The van der Waals surface area contributed by atoms with Gasteiger partial charge in [-0.25, -0.2) is 4.79 Å². The molecule has 0 atom stereocenters. The summed E-state index contributed by atoms with van der Waals surface area (Å²) in [4.78, 5) is 25.9. The molecule has 1 N–H and O–H groups in total. The minimum Gasteiger partial charge on any atom is -0.447 e. The molecule has 1 aromatic heterocycles. The molecule has 0 bridgehead atoms. The second-order valence-electron chi connectivity index (χ2n) is 6.08. The lowest BCUT2D eigenvalue weighted by Crippen LogP contribution is -2.25. The summed E-state index contributed by atoms with van der Waals surface area (Å²) >= 11 is 7.30. The van der Waals surface area contributed by atoms with Gasteiger partial charge in [0, 0.05) is 5.02 Å². The van der Waals surface area contributed by atoms with Crippen molar-refractivity contribution >= 4 is 46.7 Å². The van der Waals surface area contributed by atoms with Crippen LogP contribution in [0.1, 0.15) is 0 Å². The van der Waals surface area contributed by atoms with E-state index in [4.69, 9.17) is 16.3 Å². The molecule has 0 radical (unpaired) electrons. The largest absolute Gasteiger partial charge is 0.447 e. The Kier molecular flexibility index (Phi) is 5.68. The molecule has 29 heavy (non-hydrogen) atoms. The van der Waals surface area contributed by atoms with Crippen LogP contribution in [0.5, 0.6) is 0 Å². The maximum absolute atomic E-state index is 12.5. The molecular weight excluding hydrogens is 414 g/mol. The summed E-state index contributed by atoms with van der Waals surface area (Å²) in [6, 6.07) is 14.4. The van der Waals surface area contributed by atoms with E-state index >= 15 is 0 Å². The minimum absolute atomic E-state index is 0.123. The van der Waals surface area contributed by atoms with E-state index < -0.39 is 6.09 Å². The fraction of sp³-hybridized carbons (Fsp3) is 0.158. The van der Waals surface area contributed by atoms with Crippen molar-refractivity contribution in [1.29, 1.82) is 0 Å². The Morgan fingerprint density at radius 1 is 1.24 bits per heavy atom. The zero-order valence-corrected chi connectivity index (χ0v) is 16.7. The van der Waals surface area contributed by atoms with Gasteiger partial charge in [0.2, 0.25) is 5.91 Å². The number of cyclic esters (lactones) is 1. The topological polar surface area (TPSA) is 89.3 Å². The number of para-hydroxylation sites is 2. The van der Waals surface area contributed by atoms with Crippen molar-refractivity contribution in [1.82, 2.24) is 14.8 Å². The van der Waals surface area contributed by atoms with Gasteiger partial charge in [-0.05, 0) is 30.3 Å². The molecule has 8 nitrogen and oxygen atoms in total. The van der Waals surface area contributed by atoms with Gasteiger partial charge in [-0.3, -0.25) is 14.3 Å². The van der Waals surface area contributed by atoms with E-state index in [1.54, 1.807) is 47.3 Å². The molecule has 148 valence electrons. The number of halogens is 1. The van der Waals surface area contributed by atoms with Crippen LogP contribution < -0.4 is 10.2 Å². The number of carbonyl (C=O) groups excluding carboxylic acids is 2. The number of hydrogen-bond acceptors (Lipinski definition) is 6. The van der Waals surface area contributed by atoms with Gasteiger partial charge >= 0.3 is 6.09 Å². The van der Waals surface area contributed by atoms with Gasteiger partial charge in [0.15, 0.2) is 5.16 Å². The highest BCUT2D eigenvalue weighted by atomic mass is 35.5. The molecule has 1 saturated heterocycles. The van der Waals surface area contributed by atoms with Crippen molar-refractivity contribution in [3.63, 3.8) is 0 Å². The Morgan fingerprint density at radius 2 is 2.10 bits per heavy atom. The Morgan fingerprint density at radius 3 is 2.90 bits per heavy atom. The molecule has 2 aromatic carbocycles. The summed E-state index contributed by atoms with van der Waals surface area (Å²) in [6.07, 6.45) is 1.15. The van der Waals surface area contributed by atoms with Crippen LogP contribution in [0.2, 0.25) is 5.02 Å². The fourth-order valence-electron chi connectivity index (χ4n) is 2.87. The van der Waals surface area contributed by atoms with Crippen molar-refractivity contribution < 1.29 is 14.3 Å². The third-order valence-electron chi connectivity index (χ3n) is 4.16. The summed E-state index contributed by atoms with van der Waals surface area (Å²) in [5.41, 5.74) is 1.96. The molecule has 1 fully saturated rings. The van der Waals surface area contributed by atoms with E-state index in [-0.39, 0.29) is 11.7 Å². The number of hydrogen-bond donors (Lipinski definition) is 1. The molecular formula is C19H16ClN5O3S. The van der Waals surface area contributed by atoms with Gasteiger partial charge in [0.1, 0.15) is 12.9 Å². The van der Waals surface area contributed by atoms with Gasteiger partial charge in [0.05, 0.1) is 29.4 Å². The lowest BCUT2D eigenvalue weighted by Gasteiger charge is -2.17. The number of rotatable bonds is 6. The molecule has 0 spiro atoms. The number of thioether (sulfide) groups is 1. The average Bonchev–Trinajstić information content (AvgIpc) is 3.36. The highest BCUT2D eigenvalue weighted by molar-refractivity contribution is 7.99. The number of ether oxygens (including phenoxy) is 1. The van der Waals surface area contributed by atoms with E-state index in [0.717, 1.165) is 5.69 Å². The summed E-state index contributed by atoms with van der Waals surface area (Å²) in [5, 5.41) is 12.0. The first-order valence-electron chi connectivity index (χ1n) is 8.74. The Labute approximate surface area is 175 Å². The van der Waals surface area contributed by atoms with Crippen LogP contribution in [0.4, 0.5) is 16.2 Å². The van der Waals surface area contributed by atoms with Crippen molar-refractivity contribution in [3.05, 3.63) is 59.9 Å². The molecule has 0 saturated carbocycles. The predicted octanol–water partition coefficient (Wildman–Crippen LogP) is 3.61. The molecule has 10 heteroatoms. The normalized spacial score (nSPS) is 13.4. The first-order chi connectivity index (χ1) is 14.1.